The molecule has 1 atom stereocenters. The molecule has 0 saturated carbocycles. The highest BCUT2D eigenvalue weighted by Crippen LogP contribution is 2.25. The minimum atomic E-state index is -0.822. The second-order valence-corrected chi connectivity index (χ2v) is 4.85. The molecule has 4 nitrogen and oxygen atoms in total. The van der Waals surface area contributed by atoms with E-state index >= 15 is 0 Å². The van der Waals surface area contributed by atoms with E-state index in [1.807, 2.05) is 35.9 Å². The van der Waals surface area contributed by atoms with Crippen molar-refractivity contribution in [3.8, 4) is 0 Å². The number of fused-ring (bicyclic) bond motifs is 1. The second-order valence-electron chi connectivity index (χ2n) is 3.54. The molecule has 0 spiro atoms. The molecule has 16 heavy (non-hydrogen) atoms. The minimum Gasteiger partial charge on any atom is -0.480 e. The summed E-state index contributed by atoms with van der Waals surface area (Å²) in [5, 5.41) is 9.09. The second kappa shape index (κ2) is 4.17. The summed E-state index contributed by atoms with van der Waals surface area (Å²) in [5.74, 6) is -0.822. The largest absolute Gasteiger partial charge is 0.480 e. The summed E-state index contributed by atoms with van der Waals surface area (Å²) in [7, 11) is 1.90. The van der Waals surface area contributed by atoms with Crippen molar-refractivity contribution < 1.29 is 9.90 Å². The minimum absolute atomic E-state index is 0.490. The van der Waals surface area contributed by atoms with Crippen molar-refractivity contribution >= 4 is 28.8 Å². The molecule has 0 amide bonds. The van der Waals surface area contributed by atoms with Gasteiger partial charge in [0.25, 0.3) is 0 Å². The molecular weight excluding hydrogens is 224 g/mol. The van der Waals surface area contributed by atoms with E-state index in [1.165, 1.54) is 11.8 Å². The van der Waals surface area contributed by atoms with Gasteiger partial charge in [0.2, 0.25) is 0 Å². The zero-order valence-corrected chi connectivity index (χ0v) is 9.86. The maximum atomic E-state index is 10.8. The Labute approximate surface area is 97.3 Å². The Balaban J connectivity index is 2.38. The Kier molecular flexibility index (Phi) is 2.87. The summed E-state index contributed by atoms with van der Waals surface area (Å²) in [6.07, 6.45) is 0. The standard InChI is InChI=1S/C11H12N2O2S/c1-7(10(14)15)16-11-12-8-5-3-4-6-9(8)13(11)2/h3-7H,1-2H3,(H,14,15)/t7-/m0/s1. The number of para-hydroxylation sites is 2. The predicted octanol–water partition coefficient (Wildman–Crippen LogP) is 2.14. The number of imidazole rings is 1. The van der Waals surface area contributed by atoms with Gasteiger partial charge in [-0.1, -0.05) is 23.9 Å². The molecule has 5 heteroatoms. The number of thioether (sulfide) groups is 1. The number of carbonyl (C=O) groups is 1. The number of aryl methyl sites for hydroxylation is 1. The van der Waals surface area contributed by atoms with Crippen LogP contribution < -0.4 is 0 Å². The maximum absolute atomic E-state index is 10.8. The topological polar surface area (TPSA) is 55.1 Å². The van der Waals surface area contributed by atoms with Crippen molar-refractivity contribution in [3.63, 3.8) is 0 Å². The summed E-state index contributed by atoms with van der Waals surface area (Å²) in [6, 6.07) is 7.76. The SMILES string of the molecule is C[C@H](Sc1nc2ccccc2n1C)C(=O)O. The average molecular weight is 236 g/mol. The summed E-state index contributed by atoms with van der Waals surface area (Å²) in [5.41, 5.74) is 1.91. The van der Waals surface area contributed by atoms with Gasteiger partial charge in [-0.05, 0) is 19.1 Å². The summed E-state index contributed by atoms with van der Waals surface area (Å²) < 4.78 is 1.92. The number of aromatic nitrogens is 2. The van der Waals surface area contributed by atoms with Crippen LogP contribution in [0.2, 0.25) is 0 Å². The third-order valence-corrected chi connectivity index (χ3v) is 3.51. The third kappa shape index (κ3) is 1.90. The molecule has 0 aliphatic carbocycles. The summed E-state index contributed by atoms with van der Waals surface area (Å²) in [4.78, 5) is 15.2. The molecule has 1 aromatic carbocycles. The van der Waals surface area contributed by atoms with Crippen molar-refractivity contribution in [1.82, 2.24) is 9.55 Å². The van der Waals surface area contributed by atoms with E-state index in [9.17, 15) is 4.79 Å². The van der Waals surface area contributed by atoms with E-state index in [4.69, 9.17) is 5.11 Å². The molecule has 0 fully saturated rings. The van der Waals surface area contributed by atoms with Gasteiger partial charge in [0.1, 0.15) is 5.25 Å². The molecule has 0 unspecified atom stereocenters. The first-order valence-corrected chi connectivity index (χ1v) is 5.78. The molecule has 84 valence electrons. The highest BCUT2D eigenvalue weighted by atomic mass is 32.2. The highest BCUT2D eigenvalue weighted by Gasteiger charge is 2.16. The Morgan fingerprint density at radius 1 is 1.50 bits per heavy atom. The summed E-state index contributed by atoms with van der Waals surface area (Å²) in [6.45, 7) is 1.66. The molecule has 1 heterocycles. The van der Waals surface area contributed by atoms with E-state index in [2.05, 4.69) is 4.98 Å². The lowest BCUT2D eigenvalue weighted by Gasteiger charge is -2.05. The van der Waals surface area contributed by atoms with E-state index in [0.29, 0.717) is 0 Å². The smallest absolute Gasteiger partial charge is 0.316 e. The third-order valence-electron chi connectivity index (χ3n) is 2.38. The molecule has 0 aliphatic heterocycles. The van der Waals surface area contributed by atoms with Crippen LogP contribution in [0, 0.1) is 0 Å². The van der Waals surface area contributed by atoms with Crippen molar-refractivity contribution in [2.45, 2.75) is 17.3 Å². The van der Waals surface area contributed by atoms with Gasteiger partial charge in [0.15, 0.2) is 5.16 Å². The van der Waals surface area contributed by atoms with Gasteiger partial charge in [-0.15, -0.1) is 0 Å². The Bertz CT molecular complexity index is 536. The highest BCUT2D eigenvalue weighted by molar-refractivity contribution is 8.00. The Morgan fingerprint density at radius 3 is 2.81 bits per heavy atom. The van der Waals surface area contributed by atoms with Gasteiger partial charge >= 0.3 is 5.97 Å². The Hall–Kier alpha value is -1.49. The number of aliphatic carboxylic acids is 1. The van der Waals surface area contributed by atoms with Gasteiger partial charge in [0, 0.05) is 7.05 Å². The van der Waals surface area contributed by atoms with E-state index in [1.54, 1.807) is 6.92 Å². The van der Waals surface area contributed by atoms with Crippen LogP contribution in [-0.4, -0.2) is 25.9 Å². The van der Waals surface area contributed by atoms with Crippen LogP contribution >= 0.6 is 11.8 Å². The lowest BCUT2D eigenvalue weighted by atomic mass is 10.3. The average Bonchev–Trinajstić information content (AvgIpc) is 2.56. The van der Waals surface area contributed by atoms with E-state index in [0.717, 1.165) is 16.2 Å². The maximum Gasteiger partial charge on any atom is 0.316 e. The first kappa shape index (κ1) is 11.0. The normalized spacial score (nSPS) is 12.9. The molecule has 1 N–H and O–H groups in total. The number of carboxylic acid groups (broad SMARTS) is 1. The van der Waals surface area contributed by atoms with Crippen molar-refractivity contribution in [1.29, 1.82) is 0 Å². The molecule has 1 aromatic heterocycles. The van der Waals surface area contributed by atoms with Crippen LogP contribution in [0.15, 0.2) is 29.4 Å². The number of benzene rings is 1. The van der Waals surface area contributed by atoms with Crippen LogP contribution in [-0.2, 0) is 11.8 Å². The molecule has 2 rings (SSSR count). The number of hydrogen-bond donors (Lipinski definition) is 1. The molecule has 0 aliphatic rings. The van der Waals surface area contributed by atoms with Gasteiger partial charge in [-0.2, -0.15) is 0 Å². The van der Waals surface area contributed by atoms with Crippen LogP contribution in [0.5, 0.6) is 0 Å². The molecule has 0 bridgehead atoms. The van der Waals surface area contributed by atoms with Crippen molar-refractivity contribution in [2.24, 2.45) is 7.05 Å². The first-order chi connectivity index (χ1) is 7.59. The van der Waals surface area contributed by atoms with Crippen LogP contribution in [0.1, 0.15) is 6.92 Å². The van der Waals surface area contributed by atoms with Gasteiger partial charge < -0.3 is 9.67 Å². The van der Waals surface area contributed by atoms with Gasteiger partial charge in [-0.25, -0.2) is 4.98 Å². The number of rotatable bonds is 3. The molecular formula is C11H12N2O2S. The quantitative estimate of drug-likeness (QED) is 0.829. The van der Waals surface area contributed by atoms with Crippen LogP contribution in [0.4, 0.5) is 0 Å². The predicted molar refractivity (Wildman–Crippen MR) is 63.7 cm³/mol. The molecule has 0 saturated heterocycles. The van der Waals surface area contributed by atoms with Crippen LogP contribution in [0.25, 0.3) is 11.0 Å². The van der Waals surface area contributed by atoms with Gasteiger partial charge in [-0.3, -0.25) is 4.79 Å². The van der Waals surface area contributed by atoms with E-state index < -0.39 is 11.2 Å². The molecule has 2 aromatic rings. The summed E-state index contributed by atoms with van der Waals surface area (Å²) >= 11 is 1.26. The van der Waals surface area contributed by atoms with Gasteiger partial charge in [0.05, 0.1) is 11.0 Å². The zero-order valence-electron chi connectivity index (χ0n) is 9.04. The lowest BCUT2D eigenvalue weighted by Crippen LogP contribution is -2.12. The fourth-order valence-corrected chi connectivity index (χ4v) is 2.26. The Morgan fingerprint density at radius 2 is 2.19 bits per heavy atom. The zero-order chi connectivity index (χ0) is 11.7. The number of hydrogen-bond acceptors (Lipinski definition) is 3. The van der Waals surface area contributed by atoms with E-state index in [-0.39, 0.29) is 0 Å². The van der Waals surface area contributed by atoms with Crippen molar-refractivity contribution in [3.05, 3.63) is 24.3 Å². The first-order valence-electron chi connectivity index (χ1n) is 4.90. The molecule has 0 radical (unpaired) electrons. The lowest BCUT2D eigenvalue weighted by molar-refractivity contribution is -0.136. The number of carboxylic acids is 1. The fourth-order valence-electron chi connectivity index (χ4n) is 1.44. The van der Waals surface area contributed by atoms with Crippen molar-refractivity contribution in [2.75, 3.05) is 0 Å². The fraction of sp³-hybridized carbons (Fsp3) is 0.273. The monoisotopic (exact) mass is 236 g/mol. The number of nitrogens with zero attached hydrogens (tertiary/aromatic N) is 2. The van der Waals surface area contributed by atoms with Crippen LogP contribution in [0.3, 0.4) is 0 Å².